The number of fused-ring (bicyclic) bond motifs is 1. The number of thiophene rings is 1. The van der Waals surface area contributed by atoms with Crippen molar-refractivity contribution in [2.45, 2.75) is 20.0 Å². The molecule has 0 amide bonds. The van der Waals surface area contributed by atoms with Crippen molar-refractivity contribution in [3.05, 3.63) is 45.6 Å². The number of nitrogens with two attached hydrogens (primary N) is 1. The number of benzene rings is 1. The molecule has 0 radical (unpaired) electrons. The van der Waals surface area contributed by atoms with Crippen molar-refractivity contribution in [1.82, 2.24) is 0 Å². The van der Waals surface area contributed by atoms with E-state index in [0.29, 0.717) is 6.54 Å². The van der Waals surface area contributed by atoms with Crippen LogP contribution in [0.1, 0.15) is 15.3 Å². The van der Waals surface area contributed by atoms with Crippen LogP contribution in [0.4, 0.5) is 11.4 Å². The Balaban J connectivity index is 1.88. The fourth-order valence-electron chi connectivity index (χ4n) is 2.78. The second-order valence-electron chi connectivity index (χ2n) is 5.33. The Morgan fingerprint density at radius 2 is 1.95 bits per heavy atom. The zero-order chi connectivity index (χ0) is 14.1. The van der Waals surface area contributed by atoms with Gasteiger partial charge in [-0.15, -0.1) is 11.3 Å². The lowest BCUT2D eigenvalue weighted by Gasteiger charge is -2.37. The molecule has 4 heteroatoms. The molecule has 1 aromatic carbocycles. The van der Waals surface area contributed by atoms with Crippen molar-refractivity contribution in [2.75, 3.05) is 29.9 Å². The first-order valence-corrected chi connectivity index (χ1v) is 7.84. The lowest BCUT2D eigenvalue weighted by atomic mass is 10.1. The molecule has 106 valence electrons. The molecule has 1 aromatic heterocycles. The average Bonchev–Trinajstić information content (AvgIpc) is 2.83. The summed E-state index contributed by atoms with van der Waals surface area (Å²) in [7, 11) is 2.17. The first-order valence-electron chi connectivity index (χ1n) is 7.02. The molecule has 0 bridgehead atoms. The monoisotopic (exact) mass is 287 g/mol. The molecule has 2 heterocycles. The largest absolute Gasteiger partial charge is 0.371 e. The third-order valence-corrected chi connectivity index (χ3v) is 5.09. The molecular weight excluding hydrogens is 266 g/mol. The van der Waals surface area contributed by atoms with E-state index in [-0.39, 0.29) is 0 Å². The van der Waals surface area contributed by atoms with Gasteiger partial charge in [-0.25, -0.2) is 0 Å². The highest BCUT2D eigenvalue weighted by molar-refractivity contribution is 7.12. The van der Waals surface area contributed by atoms with Gasteiger partial charge in [0.05, 0.1) is 11.4 Å². The zero-order valence-electron chi connectivity index (χ0n) is 12.1. The Morgan fingerprint density at radius 3 is 2.65 bits per heavy atom. The lowest BCUT2D eigenvalue weighted by Crippen LogP contribution is -2.38. The van der Waals surface area contributed by atoms with Crippen LogP contribution in [0.2, 0.25) is 0 Å². The summed E-state index contributed by atoms with van der Waals surface area (Å²) < 4.78 is 0. The molecule has 0 aliphatic carbocycles. The Bertz CT molecular complexity index is 606. The molecule has 0 unspecified atom stereocenters. The number of hydrogen-bond donors (Lipinski definition) is 1. The van der Waals surface area contributed by atoms with Gasteiger partial charge in [-0.3, -0.25) is 0 Å². The van der Waals surface area contributed by atoms with Crippen LogP contribution in [-0.2, 0) is 13.1 Å². The summed E-state index contributed by atoms with van der Waals surface area (Å²) in [5, 5.41) is 0. The van der Waals surface area contributed by atoms with Gasteiger partial charge in [0, 0.05) is 43.0 Å². The van der Waals surface area contributed by atoms with Crippen LogP contribution < -0.4 is 15.5 Å². The standard InChI is InChI=1S/C16H21N3S/c1-12-13(9-14(10-17)20-12)11-19-8-7-18(2)15-5-3-4-6-16(15)19/h3-6,9H,7-8,10-11,17H2,1-2H3. The third kappa shape index (κ3) is 2.41. The highest BCUT2D eigenvalue weighted by Gasteiger charge is 2.20. The number of aryl methyl sites for hydroxylation is 1. The quantitative estimate of drug-likeness (QED) is 0.942. The van der Waals surface area contributed by atoms with Gasteiger partial charge >= 0.3 is 0 Å². The molecule has 1 aliphatic rings. The van der Waals surface area contributed by atoms with E-state index in [4.69, 9.17) is 5.73 Å². The minimum Gasteiger partial charge on any atom is -0.371 e. The molecule has 1 aliphatic heterocycles. The first-order chi connectivity index (χ1) is 9.69. The summed E-state index contributed by atoms with van der Waals surface area (Å²) in [5.41, 5.74) is 9.82. The van der Waals surface area contributed by atoms with Gasteiger partial charge in [0.25, 0.3) is 0 Å². The molecule has 0 atom stereocenters. The lowest BCUT2D eigenvalue weighted by molar-refractivity contribution is 0.734. The summed E-state index contributed by atoms with van der Waals surface area (Å²) in [6, 6.07) is 10.9. The highest BCUT2D eigenvalue weighted by Crippen LogP contribution is 2.33. The van der Waals surface area contributed by atoms with Crippen LogP contribution in [0.25, 0.3) is 0 Å². The molecule has 0 saturated heterocycles. The fourth-order valence-corrected chi connectivity index (χ4v) is 3.71. The van der Waals surface area contributed by atoms with Crippen LogP contribution in [-0.4, -0.2) is 20.1 Å². The molecule has 0 saturated carbocycles. The molecule has 20 heavy (non-hydrogen) atoms. The fraction of sp³-hybridized carbons (Fsp3) is 0.375. The van der Waals surface area contributed by atoms with Crippen LogP contribution in [0.15, 0.2) is 30.3 Å². The molecule has 3 nitrogen and oxygen atoms in total. The Morgan fingerprint density at radius 1 is 1.20 bits per heavy atom. The molecule has 0 spiro atoms. The van der Waals surface area contributed by atoms with Crippen molar-refractivity contribution in [3.8, 4) is 0 Å². The minimum absolute atomic E-state index is 0.644. The van der Waals surface area contributed by atoms with Crippen molar-refractivity contribution < 1.29 is 0 Å². The molecule has 2 aromatic rings. The topological polar surface area (TPSA) is 32.5 Å². The van der Waals surface area contributed by atoms with Crippen molar-refractivity contribution in [1.29, 1.82) is 0 Å². The van der Waals surface area contributed by atoms with Crippen LogP contribution in [0, 0.1) is 6.92 Å². The highest BCUT2D eigenvalue weighted by atomic mass is 32.1. The van der Waals surface area contributed by atoms with Crippen LogP contribution >= 0.6 is 11.3 Å². The van der Waals surface area contributed by atoms with E-state index in [1.807, 2.05) is 11.3 Å². The van der Waals surface area contributed by atoms with E-state index in [1.165, 1.54) is 26.7 Å². The number of rotatable bonds is 3. The molecule has 3 rings (SSSR count). The van der Waals surface area contributed by atoms with Gasteiger partial charge in [0.1, 0.15) is 0 Å². The summed E-state index contributed by atoms with van der Waals surface area (Å²) in [4.78, 5) is 7.48. The molecule has 0 fully saturated rings. The normalized spacial score (nSPS) is 14.6. The summed E-state index contributed by atoms with van der Waals surface area (Å²) in [6.07, 6.45) is 0. The minimum atomic E-state index is 0.644. The Hall–Kier alpha value is -1.52. The maximum atomic E-state index is 5.75. The van der Waals surface area contributed by atoms with Gasteiger partial charge in [-0.2, -0.15) is 0 Å². The van der Waals surface area contributed by atoms with E-state index in [0.717, 1.165) is 19.6 Å². The van der Waals surface area contributed by atoms with Gasteiger partial charge in [0.2, 0.25) is 0 Å². The summed E-state index contributed by atoms with van der Waals surface area (Å²) in [5.74, 6) is 0. The maximum absolute atomic E-state index is 5.75. The smallest absolute Gasteiger partial charge is 0.0607 e. The van der Waals surface area contributed by atoms with Gasteiger partial charge in [-0.05, 0) is 30.7 Å². The van der Waals surface area contributed by atoms with Gasteiger partial charge in [0.15, 0.2) is 0 Å². The van der Waals surface area contributed by atoms with Gasteiger partial charge in [-0.1, -0.05) is 12.1 Å². The second-order valence-corrected chi connectivity index (χ2v) is 6.67. The van der Waals surface area contributed by atoms with E-state index in [1.54, 1.807) is 0 Å². The second kappa shape index (κ2) is 5.46. The number of likely N-dealkylation sites (N-methyl/N-ethyl adjacent to an activating group) is 1. The van der Waals surface area contributed by atoms with E-state index in [2.05, 4.69) is 54.1 Å². The van der Waals surface area contributed by atoms with Crippen molar-refractivity contribution in [3.63, 3.8) is 0 Å². The Labute approximate surface area is 124 Å². The maximum Gasteiger partial charge on any atom is 0.0607 e. The summed E-state index contributed by atoms with van der Waals surface area (Å²) in [6.45, 7) is 5.96. The van der Waals surface area contributed by atoms with E-state index < -0.39 is 0 Å². The van der Waals surface area contributed by atoms with Crippen molar-refractivity contribution >= 4 is 22.7 Å². The molecule has 2 N–H and O–H groups in total. The van der Waals surface area contributed by atoms with Crippen molar-refractivity contribution in [2.24, 2.45) is 5.73 Å². The Kier molecular flexibility index (Phi) is 3.68. The van der Waals surface area contributed by atoms with Crippen LogP contribution in [0.5, 0.6) is 0 Å². The third-order valence-electron chi connectivity index (χ3n) is 3.97. The predicted octanol–water partition coefficient (Wildman–Crippen LogP) is 2.97. The molecular formula is C16H21N3S. The van der Waals surface area contributed by atoms with E-state index >= 15 is 0 Å². The number of para-hydroxylation sites is 2. The summed E-state index contributed by atoms with van der Waals surface area (Å²) >= 11 is 1.82. The van der Waals surface area contributed by atoms with E-state index in [9.17, 15) is 0 Å². The zero-order valence-corrected chi connectivity index (χ0v) is 12.9. The number of hydrogen-bond acceptors (Lipinski definition) is 4. The number of nitrogens with zero attached hydrogens (tertiary/aromatic N) is 2. The van der Waals surface area contributed by atoms with Crippen LogP contribution in [0.3, 0.4) is 0 Å². The first kappa shape index (κ1) is 13.5. The van der Waals surface area contributed by atoms with Gasteiger partial charge < -0.3 is 15.5 Å². The number of anilines is 2. The predicted molar refractivity (Wildman–Crippen MR) is 87.7 cm³/mol. The SMILES string of the molecule is Cc1sc(CN)cc1CN1CCN(C)c2ccccc21. The average molecular weight is 287 g/mol.